The number of methoxy groups -OCH3 is 1. The van der Waals surface area contributed by atoms with Crippen LogP contribution in [0.5, 0.6) is 0 Å². The lowest BCUT2D eigenvalue weighted by atomic mass is 9.89. The summed E-state index contributed by atoms with van der Waals surface area (Å²) in [4.78, 5) is 11.6. The van der Waals surface area contributed by atoms with E-state index in [4.69, 9.17) is 4.74 Å². The maximum absolute atomic E-state index is 11.6. The Hall–Kier alpha value is -1.32. The van der Waals surface area contributed by atoms with Gasteiger partial charge in [0.05, 0.1) is 12.8 Å². The van der Waals surface area contributed by atoms with Crippen molar-refractivity contribution in [1.82, 2.24) is 9.78 Å². The summed E-state index contributed by atoms with van der Waals surface area (Å²) in [7, 11) is 1.40. The van der Waals surface area contributed by atoms with Crippen LogP contribution < -0.4 is 0 Å². The average molecular weight is 210 g/mol. The number of aromatic nitrogens is 2. The molecular weight excluding hydrogens is 192 g/mol. The number of ether oxygens (including phenoxy) is 1. The molecule has 0 fully saturated rings. The first-order chi connectivity index (χ1) is 6.91. The molecule has 1 rings (SSSR count). The number of rotatable bonds is 3. The van der Waals surface area contributed by atoms with Crippen LogP contribution >= 0.6 is 0 Å². The highest BCUT2D eigenvalue weighted by atomic mass is 16.5. The van der Waals surface area contributed by atoms with Crippen molar-refractivity contribution in [2.24, 2.45) is 0 Å². The summed E-state index contributed by atoms with van der Waals surface area (Å²) in [5.41, 5.74) is 0.222. The second kappa shape index (κ2) is 4.04. The minimum absolute atomic E-state index is 0.235. The molecule has 0 unspecified atom stereocenters. The Bertz CT molecular complexity index is 353. The summed E-state index contributed by atoms with van der Waals surface area (Å²) in [6, 6.07) is 2.09. The van der Waals surface area contributed by atoms with Gasteiger partial charge in [-0.25, -0.2) is 0 Å². The fourth-order valence-corrected chi connectivity index (χ4v) is 1.58. The Kier molecular flexibility index (Phi) is 3.17. The molecule has 1 heterocycles. The first-order valence-corrected chi connectivity index (χ1v) is 5.03. The van der Waals surface area contributed by atoms with Gasteiger partial charge < -0.3 is 4.74 Å². The van der Waals surface area contributed by atoms with E-state index in [1.165, 1.54) is 7.11 Å². The van der Waals surface area contributed by atoms with Gasteiger partial charge in [-0.15, -0.1) is 0 Å². The maximum Gasteiger partial charge on any atom is 0.317 e. The topological polar surface area (TPSA) is 44.1 Å². The first-order valence-electron chi connectivity index (χ1n) is 5.03. The highest BCUT2D eigenvalue weighted by Crippen LogP contribution is 2.26. The highest BCUT2D eigenvalue weighted by molar-refractivity contribution is 5.81. The van der Waals surface area contributed by atoms with Gasteiger partial charge in [-0.05, 0) is 33.8 Å². The fraction of sp³-hybridized carbons (Fsp3) is 0.636. The number of nitrogens with zero attached hydrogens (tertiary/aromatic N) is 2. The second-order valence-corrected chi connectivity index (χ2v) is 4.37. The van der Waals surface area contributed by atoms with Crippen LogP contribution in [-0.4, -0.2) is 22.9 Å². The molecule has 0 amide bonds. The Morgan fingerprint density at radius 3 is 2.60 bits per heavy atom. The van der Waals surface area contributed by atoms with Gasteiger partial charge in [0.1, 0.15) is 5.41 Å². The zero-order chi connectivity index (χ0) is 11.6. The van der Waals surface area contributed by atoms with Crippen LogP contribution in [0.2, 0.25) is 0 Å². The normalized spacial score (nSPS) is 11.9. The Morgan fingerprint density at radius 2 is 2.13 bits per heavy atom. The Morgan fingerprint density at radius 1 is 1.53 bits per heavy atom. The van der Waals surface area contributed by atoms with Crippen LogP contribution in [0.4, 0.5) is 0 Å². The molecule has 0 aromatic carbocycles. The molecule has 0 saturated carbocycles. The van der Waals surface area contributed by atoms with E-state index in [0.717, 1.165) is 5.69 Å². The van der Waals surface area contributed by atoms with E-state index in [9.17, 15) is 4.79 Å². The van der Waals surface area contributed by atoms with Crippen molar-refractivity contribution >= 4 is 5.97 Å². The Balaban J connectivity index is 3.15. The van der Waals surface area contributed by atoms with Crippen molar-refractivity contribution in [3.8, 4) is 0 Å². The van der Waals surface area contributed by atoms with Crippen molar-refractivity contribution in [1.29, 1.82) is 0 Å². The minimum Gasteiger partial charge on any atom is -0.468 e. The molecule has 4 nitrogen and oxygen atoms in total. The number of esters is 1. The van der Waals surface area contributed by atoms with E-state index in [1.807, 2.05) is 38.4 Å². The molecule has 0 spiro atoms. The van der Waals surface area contributed by atoms with Gasteiger partial charge in [0.2, 0.25) is 0 Å². The molecular formula is C11H18N2O2. The second-order valence-electron chi connectivity index (χ2n) is 4.37. The Labute approximate surface area is 90.2 Å². The molecule has 0 aliphatic heterocycles. The van der Waals surface area contributed by atoms with Gasteiger partial charge in [0.25, 0.3) is 0 Å². The third-order valence-corrected chi connectivity index (χ3v) is 2.50. The van der Waals surface area contributed by atoms with Crippen LogP contribution in [-0.2, 0) is 14.9 Å². The average Bonchev–Trinajstić information content (AvgIpc) is 2.65. The fourth-order valence-electron chi connectivity index (χ4n) is 1.58. The molecule has 0 saturated heterocycles. The molecule has 0 aliphatic rings. The summed E-state index contributed by atoms with van der Waals surface area (Å²) >= 11 is 0. The third kappa shape index (κ3) is 2.03. The largest absolute Gasteiger partial charge is 0.468 e. The molecule has 1 aromatic rings. The van der Waals surface area contributed by atoms with Crippen LogP contribution in [0.25, 0.3) is 0 Å². The van der Waals surface area contributed by atoms with E-state index < -0.39 is 5.41 Å². The molecule has 0 aliphatic carbocycles. The summed E-state index contributed by atoms with van der Waals surface area (Å²) in [6.07, 6.45) is 1.71. The molecule has 0 atom stereocenters. The third-order valence-electron chi connectivity index (χ3n) is 2.50. The number of hydrogen-bond acceptors (Lipinski definition) is 3. The molecule has 0 N–H and O–H groups in total. The monoisotopic (exact) mass is 210 g/mol. The van der Waals surface area contributed by atoms with Gasteiger partial charge >= 0.3 is 5.97 Å². The maximum atomic E-state index is 11.6. The molecule has 15 heavy (non-hydrogen) atoms. The van der Waals surface area contributed by atoms with Gasteiger partial charge in [0, 0.05) is 12.2 Å². The van der Waals surface area contributed by atoms with E-state index >= 15 is 0 Å². The SMILES string of the molecule is COC(=O)C(C)(C)c1ccnn1C(C)C. The highest BCUT2D eigenvalue weighted by Gasteiger charge is 2.34. The van der Waals surface area contributed by atoms with Crippen LogP contribution in [0.3, 0.4) is 0 Å². The number of carbonyl (C=O) groups excluding carboxylic acids is 1. The zero-order valence-electron chi connectivity index (χ0n) is 9.94. The van der Waals surface area contributed by atoms with Crippen molar-refractivity contribution < 1.29 is 9.53 Å². The summed E-state index contributed by atoms with van der Waals surface area (Å²) in [5, 5.41) is 4.21. The van der Waals surface area contributed by atoms with E-state index in [0.29, 0.717) is 0 Å². The first kappa shape index (κ1) is 11.8. The standard InChI is InChI=1S/C11H18N2O2/c1-8(2)13-9(6-7-12-13)11(3,4)10(14)15-5/h6-8H,1-5H3. The van der Waals surface area contributed by atoms with Crippen molar-refractivity contribution in [3.63, 3.8) is 0 Å². The smallest absolute Gasteiger partial charge is 0.317 e. The lowest BCUT2D eigenvalue weighted by Gasteiger charge is -2.24. The minimum atomic E-state index is -0.657. The lowest BCUT2D eigenvalue weighted by Crippen LogP contribution is -2.33. The predicted octanol–water partition coefficient (Wildman–Crippen LogP) is 1.91. The molecule has 0 bridgehead atoms. The van der Waals surface area contributed by atoms with Gasteiger partial charge in [-0.1, -0.05) is 0 Å². The molecule has 0 radical (unpaired) electrons. The van der Waals surface area contributed by atoms with Crippen LogP contribution in [0, 0.1) is 0 Å². The summed E-state index contributed by atoms with van der Waals surface area (Å²) in [6.45, 7) is 7.75. The zero-order valence-corrected chi connectivity index (χ0v) is 9.94. The predicted molar refractivity (Wildman–Crippen MR) is 57.7 cm³/mol. The molecule has 84 valence electrons. The quantitative estimate of drug-likeness (QED) is 0.716. The van der Waals surface area contributed by atoms with Crippen molar-refractivity contribution in [2.75, 3.05) is 7.11 Å². The molecule has 1 aromatic heterocycles. The van der Waals surface area contributed by atoms with Crippen molar-refractivity contribution in [2.45, 2.75) is 39.2 Å². The van der Waals surface area contributed by atoms with E-state index in [1.54, 1.807) is 6.20 Å². The van der Waals surface area contributed by atoms with Crippen LogP contribution in [0.15, 0.2) is 12.3 Å². The van der Waals surface area contributed by atoms with Gasteiger partial charge in [-0.3, -0.25) is 9.48 Å². The lowest BCUT2D eigenvalue weighted by molar-refractivity contribution is -0.146. The summed E-state index contributed by atoms with van der Waals surface area (Å²) in [5.74, 6) is -0.245. The van der Waals surface area contributed by atoms with E-state index in [-0.39, 0.29) is 12.0 Å². The van der Waals surface area contributed by atoms with Crippen LogP contribution in [0.1, 0.15) is 39.4 Å². The number of hydrogen-bond donors (Lipinski definition) is 0. The van der Waals surface area contributed by atoms with Gasteiger partial charge in [0.15, 0.2) is 0 Å². The molecule has 4 heteroatoms. The van der Waals surface area contributed by atoms with Gasteiger partial charge in [-0.2, -0.15) is 5.10 Å². The van der Waals surface area contributed by atoms with Crippen molar-refractivity contribution in [3.05, 3.63) is 18.0 Å². The van der Waals surface area contributed by atoms with E-state index in [2.05, 4.69) is 5.10 Å². The number of carbonyl (C=O) groups is 1. The summed E-state index contributed by atoms with van der Waals surface area (Å²) < 4.78 is 6.64.